The summed E-state index contributed by atoms with van der Waals surface area (Å²) in [4.78, 5) is 0. The Morgan fingerprint density at radius 1 is 1.31 bits per heavy atom. The van der Waals surface area contributed by atoms with Crippen LogP contribution in [0.15, 0.2) is 24.3 Å². The maximum atomic E-state index is 13.0. The van der Waals surface area contributed by atoms with Crippen molar-refractivity contribution in [2.24, 2.45) is 0 Å². The molecule has 0 fully saturated rings. The molecule has 1 aromatic carbocycles. The number of halogens is 1. The average Bonchev–Trinajstić information content (AvgIpc) is 2.16. The molecule has 0 bridgehead atoms. The van der Waals surface area contributed by atoms with Gasteiger partial charge in [0.25, 0.3) is 0 Å². The van der Waals surface area contributed by atoms with Gasteiger partial charge in [0.2, 0.25) is 0 Å². The highest BCUT2D eigenvalue weighted by atomic mass is 19.1. The van der Waals surface area contributed by atoms with E-state index in [0.717, 1.165) is 5.56 Å². The highest BCUT2D eigenvalue weighted by Crippen LogP contribution is 2.17. The fraction of sp³-hybridized carbons (Fsp3) is 0.538. The van der Waals surface area contributed by atoms with E-state index in [1.807, 2.05) is 19.9 Å². The third-order valence-electron chi connectivity index (χ3n) is 2.91. The molecule has 0 aromatic heterocycles. The molecule has 1 unspecified atom stereocenters. The molecule has 0 aliphatic heterocycles. The molecule has 1 rings (SSSR count). The summed E-state index contributed by atoms with van der Waals surface area (Å²) in [5.74, 6) is -0.234. The van der Waals surface area contributed by atoms with Gasteiger partial charge in [-0.25, -0.2) is 4.39 Å². The second kappa shape index (κ2) is 4.93. The summed E-state index contributed by atoms with van der Waals surface area (Å²) in [6.45, 7) is 7.37. The molecule has 0 aliphatic carbocycles. The molecule has 0 amide bonds. The van der Waals surface area contributed by atoms with Crippen molar-refractivity contribution in [1.29, 1.82) is 0 Å². The fourth-order valence-electron chi connectivity index (χ4n) is 1.45. The maximum absolute atomic E-state index is 13.0. The zero-order chi connectivity index (χ0) is 12.3. The quantitative estimate of drug-likeness (QED) is 0.825. The lowest BCUT2D eigenvalue weighted by Gasteiger charge is -2.30. The van der Waals surface area contributed by atoms with Crippen molar-refractivity contribution in [3.63, 3.8) is 0 Å². The molecule has 3 heteroatoms. The minimum absolute atomic E-state index is 0.0112. The van der Waals surface area contributed by atoms with E-state index in [9.17, 15) is 9.50 Å². The van der Waals surface area contributed by atoms with E-state index in [0.29, 0.717) is 0 Å². The summed E-state index contributed by atoms with van der Waals surface area (Å²) in [5, 5.41) is 13.0. The molecule has 2 N–H and O–H groups in total. The standard InChI is InChI=1S/C13H20FNO/c1-9(15-10(2)13(3,4)16)11-6-5-7-12(14)8-11/h5-10,15-16H,1-4H3/t9-,10?/m1/s1. The summed E-state index contributed by atoms with van der Waals surface area (Å²) in [6.07, 6.45) is 0. The van der Waals surface area contributed by atoms with Gasteiger partial charge in [-0.3, -0.25) is 0 Å². The molecular weight excluding hydrogens is 205 g/mol. The lowest BCUT2D eigenvalue weighted by Crippen LogP contribution is -2.45. The SMILES string of the molecule is CC(N[C@H](C)c1cccc(F)c1)C(C)(C)O. The second-order valence-electron chi connectivity index (χ2n) is 4.82. The molecule has 0 spiro atoms. The van der Waals surface area contributed by atoms with E-state index >= 15 is 0 Å². The summed E-state index contributed by atoms with van der Waals surface area (Å²) in [6, 6.07) is 6.45. The molecule has 0 aliphatic rings. The van der Waals surface area contributed by atoms with Crippen molar-refractivity contribution in [3.05, 3.63) is 35.6 Å². The van der Waals surface area contributed by atoms with E-state index in [-0.39, 0.29) is 17.9 Å². The molecule has 1 aromatic rings. The molecule has 0 saturated heterocycles. The second-order valence-corrected chi connectivity index (χ2v) is 4.82. The van der Waals surface area contributed by atoms with Crippen molar-refractivity contribution < 1.29 is 9.50 Å². The fourth-order valence-corrected chi connectivity index (χ4v) is 1.45. The van der Waals surface area contributed by atoms with Crippen LogP contribution in [0, 0.1) is 5.82 Å². The van der Waals surface area contributed by atoms with Crippen LogP contribution in [0.5, 0.6) is 0 Å². The van der Waals surface area contributed by atoms with Crippen LogP contribution in [-0.4, -0.2) is 16.7 Å². The Morgan fingerprint density at radius 3 is 2.44 bits per heavy atom. The predicted octanol–water partition coefficient (Wildman–Crippen LogP) is 2.64. The third kappa shape index (κ3) is 3.58. The summed E-state index contributed by atoms with van der Waals surface area (Å²) < 4.78 is 13.0. The van der Waals surface area contributed by atoms with Gasteiger partial charge < -0.3 is 10.4 Å². The number of aliphatic hydroxyl groups is 1. The van der Waals surface area contributed by atoms with Crippen LogP contribution >= 0.6 is 0 Å². The van der Waals surface area contributed by atoms with Gasteiger partial charge >= 0.3 is 0 Å². The molecular formula is C13H20FNO. The van der Waals surface area contributed by atoms with Gasteiger partial charge in [-0.05, 0) is 45.4 Å². The Hall–Kier alpha value is -0.930. The van der Waals surface area contributed by atoms with Crippen LogP contribution < -0.4 is 5.32 Å². The smallest absolute Gasteiger partial charge is 0.123 e. The molecule has 0 radical (unpaired) electrons. The Bertz CT molecular complexity index is 346. The molecule has 2 nitrogen and oxygen atoms in total. The van der Waals surface area contributed by atoms with Gasteiger partial charge in [-0.2, -0.15) is 0 Å². The van der Waals surface area contributed by atoms with Gasteiger partial charge in [0, 0.05) is 12.1 Å². The Morgan fingerprint density at radius 2 is 1.94 bits per heavy atom. The van der Waals surface area contributed by atoms with Gasteiger partial charge in [0.15, 0.2) is 0 Å². The Balaban J connectivity index is 2.69. The van der Waals surface area contributed by atoms with E-state index in [4.69, 9.17) is 0 Å². The summed E-state index contributed by atoms with van der Waals surface area (Å²) in [5.41, 5.74) is 0.0952. The van der Waals surface area contributed by atoms with Crippen molar-refractivity contribution in [2.45, 2.75) is 45.4 Å². The van der Waals surface area contributed by atoms with E-state index < -0.39 is 5.60 Å². The normalized spacial score (nSPS) is 15.9. The number of rotatable bonds is 4. The van der Waals surface area contributed by atoms with Gasteiger partial charge in [-0.1, -0.05) is 12.1 Å². The van der Waals surface area contributed by atoms with E-state index in [1.165, 1.54) is 12.1 Å². The topological polar surface area (TPSA) is 32.3 Å². The van der Waals surface area contributed by atoms with Crippen LogP contribution in [0.1, 0.15) is 39.3 Å². The monoisotopic (exact) mass is 225 g/mol. The average molecular weight is 225 g/mol. The lowest BCUT2D eigenvalue weighted by atomic mass is 9.98. The predicted molar refractivity (Wildman–Crippen MR) is 63.7 cm³/mol. The van der Waals surface area contributed by atoms with E-state index in [2.05, 4.69) is 5.32 Å². The first-order valence-electron chi connectivity index (χ1n) is 5.54. The molecule has 90 valence electrons. The Kier molecular flexibility index (Phi) is 4.05. The maximum Gasteiger partial charge on any atom is 0.123 e. The molecule has 0 heterocycles. The minimum atomic E-state index is -0.790. The van der Waals surface area contributed by atoms with Gasteiger partial charge in [-0.15, -0.1) is 0 Å². The van der Waals surface area contributed by atoms with Crippen molar-refractivity contribution in [1.82, 2.24) is 5.32 Å². The molecule has 0 saturated carbocycles. The zero-order valence-corrected chi connectivity index (χ0v) is 10.3. The van der Waals surface area contributed by atoms with E-state index in [1.54, 1.807) is 19.9 Å². The third-order valence-corrected chi connectivity index (χ3v) is 2.91. The van der Waals surface area contributed by atoms with Gasteiger partial charge in [0.1, 0.15) is 5.82 Å². The minimum Gasteiger partial charge on any atom is -0.389 e. The van der Waals surface area contributed by atoms with Crippen LogP contribution in [0.3, 0.4) is 0 Å². The number of hydrogen-bond donors (Lipinski definition) is 2. The summed E-state index contributed by atoms with van der Waals surface area (Å²) >= 11 is 0. The van der Waals surface area contributed by atoms with Crippen molar-refractivity contribution >= 4 is 0 Å². The zero-order valence-electron chi connectivity index (χ0n) is 10.3. The first-order valence-corrected chi connectivity index (χ1v) is 5.54. The largest absolute Gasteiger partial charge is 0.389 e. The summed E-state index contributed by atoms with van der Waals surface area (Å²) in [7, 11) is 0. The van der Waals surface area contributed by atoms with Crippen molar-refractivity contribution in [3.8, 4) is 0 Å². The number of nitrogens with one attached hydrogen (secondary N) is 1. The first-order chi connectivity index (χ1) is 7.30. The van der Waals surface area contributed by atoms with Crippen molar-refractivity contribution in [2.75, 3.05) is 0 Å². The molecule has 16 heavy (non-hydrogen) atoms. The van der Waals surface area contributed by atoms with Crippen LogP contribution in [-0.2, 0) is 0 Å². The Labute approximate surface area is 96.5 Å². The lowest BCUT2D eigenvalue weighted by molar-refractivity contribution is 0.0405. The highest BCUT2D eigenvalue weighted by molar-refractivity contribution is 5.19. The number of hydrogen-bond acceptors (Lipinski definition) is 2. The first kappa shape index (κ1) is 13.1. The number of benzene rings is 1. The van der Waals surface area contributed by atoms with Crippen LogP contribution in [0.25, 0.3) is 0 Å². The molecule has 2 atom stereocenters. The van der Waals surface area contributed by atoms with Crippen LogP contribution in [0.2, 0.25) is 0 Å². The van der Waals surface area contributed by atoms with Crippen LogP contribution in [0.4, 0.5) is 4.39 Å². The van der Waals surface area contributed by atoms with Gasteiger partial charge in [0.05, 0.1) is 5.60 Å². The highest BCUT2D eigenvalue weighted by Gasteiger charge is 2.23.